The molecule has 0 fully saturated rings. The van der Waals surface area contributed by atoms with Crippen LogP contribution in [0, 0.1) is 0 Å². The summed E-state index contributed by atoms with van der Waals surface area (Å²) in [5, 5.41) is 0. The van der Waals surface area contributed by atoms with E-state index >= 15 is 0 Å². The van der Waals surface area contributed by atoms with Gasteiger partial charge < -0.3 is 0 Å². The zero-order chi connectivity index (χ0) is 14.3. The van der Waals surface area contributed by atoms with Gasteiger partial charge in [0.25, 0.3) is 0 Å². The van der Waals surface area contributed by atoms with Crippen molar-refractivity contribution >= 4 is 24.8 Å². The van der Waals surface area contributed by atoms with Gasteiger partial charge in [-0.1, -0.05) is 0 Å². The molecule has 0 aromatic heterocycles. The second kappa shape index (κ2) is 7.40. The van der Waals surface area contributed by atoms with Crippen LogP contribution in [-0.2, 0) is 19.2 Å². The molecule has 0 heterocycles. The van der Waals surface area contributed by atoms with Crippen LogP contribution in [0.1, 0.15) is 12.8 Å². The molecule has 21 heavy (non-hydrogen) atoms. The Bertz CT molecular complexity index is 465. The molecule has 0 nitrogen and oxygen atoms in total. The maximum absolute atomic E-state index is 12.7. The summed E-state index contributed by atoms with van der Waals surface area (Å²) >= 11 is -1.55. The standard InChI is InChI=1S/2C6H4F3.2ClH.Ti/c2*7-6(8,9)5-3-1-2-4-5;;;/h2*1,3H,2H2;2*1H;. The van der Waals surface area contributed by atoms with Gasteiger partial charge in [-0.3, -0.25) is 0 Å². The van der Waals surface area contributed by atoms with E-state index in [9.17, 15) is 26.3 Å². The normalized spacial score (nSPS) is 18.0. The Balaban J connectivity index is 0.00000200. The van der Waals surface area contributed by atoms with Crippen LogP contribution in [0.15, 0.2) is 43.2 Å². The molecule has 118 valence electrons. The molecule has 0 N–H and O–H groups in total. The fourth-order valence-electron chi connectivity index (χ4n) is 1.96. The van der Waals surface area contributed by atoms with Crippen molar-refractivity contribution in [2.75, 3.05) is 0 Å². The molecule has 0 aromatic carbocycles. The molecular weight excluding hydrogens is 377 g/mol. The average Bonchev–Trinajstić information content (AvgIpc) is 2.83. The molecule has 0 bridgehead atoms. The fraction of sp³-hybridized carbons (Fsp3) is 0.333. The predicted molar refractivity (Wildman–Crippen MR) is 68.2 cm³/mol. The molecule has 0 atom stereocenters. The zero-order valence-electron chi connectivity index (χ0n) is 10.3. The molecule has 2 rings (SSSR count). The zero-order valence-corrected chi connectivity index (χ0v) is 13.5. The van der Waals surface area contributed by atoms with Crippen LogP contribution in [0.4, 0.5) is 26.3 Å². The number of halogens is 8. The first-order chi connectivity index (χ1) is 8.69. The third-order valence-corrected chi connectivity index (χ3v) is 5.20. The van der Waals surface area contributed by atoms with Gasteiger partial charge in [0, 0.05) is 0 Å². The van der Waals surface area contributed by atoms with Crippen molar-refractivity contribution < 1.29 is 45.5 Å². The van der Waals surface area contributed by atoms with Crippen LogP contribution < -0.4 is 0 Å². The van der Waals surface area contributed by atoms with Gasteiger partial charge in [-0.2, -0.15) is 0 Å². The van der Waals surface area contributed by atoms with E-state index in [4.69, 9.17) is 0 Å². The van der Waals surface area contributed by atoms with E-state index < -0.39 is 42.7 Å². The Hall–Kier alpha value is -0.166. The summed E-state index contributed by atoms with van der Waals surface area (Å²) in [4.78, 5) is 0. The number of rotatable bonds is 2. The summed E-state index contributed by atoms with van der Waals surface area (Å²) in [6, 6.07) is 0. The minimum atomic E-state index is -4.48. The summed E-state index contributed by atoms with van der Waals surface area (Å²) in [5.41, 5.74) is -1.51. The SMILES string of the molecule is Cl.Cl.FC(F)(F)C1=[C]([Ti][C]2=C(C(F)(F)F)C=CC2)CC=C1. The van der Waals surface area contributed by atoms with Crippen molar-refractivity contribution in [2.45, 2.75) is 25.2 Å². The Kier molecular flexibility index (Phi) is 7.34. The average molecular weight is 387 g/mol. The van der Waals surface area contributed by atoms with Crippen molar-refractivity contribution in [1.29, 1.82) is 0 Å². The van der Waals surface area contributed by atoms with Crippen LogP contribution in [0.3, 0.4) is 0 Å². The monoisotopic (exact) mass is 386 g/mol. The molecule has 0 radical (unpaired) electrons. The van der Waals surface area contributed by atoms with Gasteiger partial charge in [0.1, 0.15) is 0 Å². The minimum absolute atomic E-state index is 0. The predicted octanol–water partition coefficient (Wildman–Crippen LogP) is 5.47. The van der Waals surface area contributed by atoms with E-state index in [1.54, 1.807) is 0 Å². The molecular formula is C12H10Cl2F6Ti. The fourth-order valence-corrected chi connectivity index (χ4v) is 4.34. The van der Waals surface area contributed by atoms with Gasteiger partial charge in [0.2, 0.25) is 0 Å². The van der Waals surface area contributed by atoms with Crippen molar-refractivity contribution in [2.24, 2.45) is 0 Å². The second-order valence-corrected chi connectivity index (χ2v) is 6.39. The molecule has 2 aliphatic carbocycles. The molecule has 9 heteroatoms. The maximum atomic E-state index is 12.7. The van der Waals surface area contributed by atoms with Gasteiger partial charge in [-0.05, 0) is 0 Å². The summed E-state index contributed by atoms with van der Waals surface area (Å²) in [7, 11) is 0. The Morgan fingerprint density at radius 2 is 1.05 bits per heavy atom. The summed E-state index contributed by atoms with van der Waals surface area (Å²) in [6.45, 7) is 0. The summed E-state index contributed by atoms with van der Waals surface area (Å²) in [5.74, 6) is 0. The van der Waals surface area contributed by atoms with Gasteiger partial charge in [-0.15, -0.1) is 24.8 Å². The van der Waals surface area contributed by atoms with E-state index in [1.165, 1.54) is 12.2 Å². The first-order valence-corrected chi connectivity index (χ1v) is 6.96. The van der Waals surface area contributed by atoms with E-state index in [0.717, 1.165) is 12.2 Å². The Labute approximate surface area is 138 Å². The Morgan fingerprint density at radius 1 is 0.714 bits per heavy atom. The first kappa shape index (κ1) is 20.8. The Morgan fingerprint density at radius 3 is 1.33 bits per heavy atom. The van der Waals surface area contributed by atoms with Gasteiger partial charge >= 0.3 is 114 Å². The van der Waals surface area contributed by atoms with E-state index in [2.05, 4.69) is 0 Å². The van der Waals surface area contributed by atoms with Crippen molar-refractivity contribution in [3.8, 4) is 0 Å². The molecule has 0 amide bonds. The van der Waals surface area contributed by atoms with Crippen LogP contribution in [-0.4, -0.2) is 12.4 Å². The first-order valence-electron chi connectivity index (χ1n) is 5.40. The molecule has 2 aliphatic rings. The topological polar surface area (TPSA) is 0 Å². The van der Waals surface area contributed by atoms with E-state index in [-0.39, 0.29) is 45.4 Å². The van der Waals surface area contributed by atoms with Crippen molar-refractivity contribution in [1.82, 2.24) is 0 Å². The third kappa shape index (κ3) is 4.91. The molecule has 0 aliphatic heterocycles. The third-order valence-electron chi connectivity index (χ3n) is 2.78. The van der Waals surface area contributed by atoms with Crippen LogP contribution in [0.5, 0.6) is 0 Å². The molecule has 0 spiro atoms. The molecule has 0 unspecified atom stereocenters. The van der Waals surface area contributed by atoms with Crippen LogP contribution in [0.2, 0.25) is 0 Å². The molecule has 0 aromatic rings. The van der Waals surface area contributed by atoms with Crippen molar-refractivity contribution in [3.63, 3.8) is 0 Å². The summed E-state index contributed by atoms with van der Waals surface area (Å²) in [6.07, 6.45) is -4.07. The number of alkyl halides is 6. The molecule has 0 saturated heterocycles. The summed E-state index contributed by atoms with van der Waals surface area (Å²) < 4.78 is 76.3. The van der Waals surface area contributed by atoms with E-state index in [1.807, 2.05) is 0 Å². The second-order valence-electron chi connectivity index (χ2n) is 4.12. The molecule has 0 saturated carbocycles. The quantitative estimate of drug-likeness (QED) is 0.436. The van der Waals surface area contributed by atoms with E-state index in [0.29, 0.717) is 0 Å². The number of hydrogen-bond acceptors (Lipinski definition) is 0. The van der Waals surface area contributed by atoms with Crippen molar-refractivity contribution in [3.05, 3.63) is 43.2 Å². The number of allylic oxidation sites excluding steroid dienone is 8. The van der Waals surface area contributed by atoms with Gasteiger partial charge in [0.05, 0.1) is 0 Å². The van der Waals surface area contributed by atoms with Crippen LogP contribution >= 0.6 is 24.8 Å². The van der Waals surface area contributed by atoms with Crippen LogP contribution in [0.25, 0.3) is 0 Å². The number of hydrogen-bond donors (Lipinski definition) is 0. The van der Waals surface area contributed by atoms with Gasteiger partial charge in [-0.25, -0.2) is 0 Å². The van der Waals surface area contributed by atoms with Gasteiger partial charge in [0.15, 0.2) is 0 Å².